The van der Waals surface area contributed by atoms with E-state index in [4.69, 9.17) is 4.74 Å². The first-order valence-electron chi connectivity index (χ1n) is 10.1. The zero-order valence-corrected chi connectivity index (χ0v) is 18.0. The van der Waals surface area contributed by atoms with E-state index in [1.54, 1.807) is 0 Å². The highest BCUT2D eigenvalue weighted by atomic mass is 79.9. The molecule has 0 aliphatic carbocycles. The summed E-state index contributed by atoms with van der Waals surface area (Å²) in [6.45, 7) is 3.00. The predicted molar refractivity (Wildman–Crippen MR) is 118 cm³/mol. The molecule has 0 amide bonds. The van der Waals surface area contributed by atoms with Crippen molar-refractivity contribution < 1.29 is 4.74 Å². The average Bonchev–Trinajstić information content (AvgIpc) is 2.71. The number of azo groups is 1. The minimum atomic E-state index is 0.772. The van der Waals surface area contributed by atoms with Crippen molar-refractivity contribution in [1.82, 2.24) is 0 Å². The lowest BCUT2D eigenvalue weighted by molar-refractivity contribution is 0.305. The largest absolute Gasteiger partial charge is 0.494 e. The fourth-order valence-electron chi connectivity index (χ4n) is 2.77. The Balaban J connectivity index is 1.74. The molecule has 146 valence electrons. The third-order valence-corrected chi connectivity index (χ3v) is 4.98. The first kappa shape index (κ1) is 21.6. The Labute approximate surface area is 172 Å². The van der Waals surface area contributed by atoms with Gasteiger partial charge in [-0.2, -0.15) is 10.2 Å². The maximum absolute atomic E-state index is 5.77. The summed E-state index contributed by atoms with van der Waals surface area (Å²) >= 11 is 3.46. The van der Waals surface area contributed by atoms with Crippen LogP contribution < -0.4 is 4.74 Å². The molecule has 0 aliphatic rings. The zero-order chi connectivity index (χ0) is 19.2. The van der Waals surface area contributed by atoms with Crippen LogP contribution in [-0.2, 0) is 6.42 Å². The molecule has 2 rings (SSSR count). The van der Waals surface area contributed by atoms with Crippen molar-refractivity contribution in [3.63, 3.8) is 0 Å². The number of benzene rings is 2. The molecule has 0 saturated heterocycles. The van der Waals surface area contributed by atoms with Gasteiger partial charge in [-0.3, -0.25) is 0 Å². The monoisotopic (exact) mass is 430 g/mol. The summed E-state index contributed by atoms with van der Waals surface area (Å²) in [7, 11) is 0. The summed E-state index contributed by atoms with van der Waals surface area (Å²) in [5, 5.41) is 9.74. The SMILES string of the molecule is CCCCCc1ccc(N=Nc2ccc(OCCCCCCBr)cc2)cc1. The summed E-state index contributed by atoms with van der Waals surface area (Å²) in [4.78, 5) is 0. The Morgan fingerprint density at radius 2 is 1.37 bits per heavy atom. The molecule has 27 heavy (non-hydrogen) atoms. The molecular formula is C23H31BrN2O. The summed E-state index contributed by atoms with van der Waals surface area (Å²) in [6.07, 6.45) is 9.75. The van der Waals surface area contributed by atoms with E-state index in [0.717, 1.165) is 41.9 Å². The standard InChI is InChI=1S/C23H31BrN2O/c1-2-3-6-9-20-10-12-21(13-11-20)25-26-22-14-16-23(17-15-22)27-19-8-5-4-7-18-24/h10-17H,2-9,18-19H2,1H3. The normalized spacial score (nSPS) is 11.2. The van der Waals surface area contributed by atoms with Crippen LogP contribution in [0.4, 0.5) is 11.4 Å². The van der Waals surface area contributed by atoms with Crippen molar-refractivity contribution in [3.05, 3.63) is 54.1 Å². The molecule has 0 N–H and O–H groups in total. The van der Waals surface area contributed by atoms with Crippen LogP contribution in [0.2, 0.25) is 0 Å². The quantitative estimate of drug-likeness (QED) is 0.179. The molecular weight excluding hydrogens is 400 g/mol. The number of halogens is 1. The van der Waals surface area contributed by atoms with E-state index in [9.17, 15) is 0 Å². The molecule has 0 heterocycles. The van der Waals surface area contributed by atoms with E-state index in [1.165, 1.54) is 44.1 Å². The van der Waals surface area contributed by atoms with Gasteiger partial charge in [-0.05, 0) is 67.6 Å². The summed E-state index contributed by atoms with van der Waals surface area (Å²) in [5.74, 6) is 0.894. The van der Waals surface area contributed by atoms with Crippen molar-refractivity contribution in [2.24, 2.45) is 10.2 Å². The van der Waals surface area contributed by atoms with Gasteiger partial charge < -0.3 is 4.74 Å². The fourth-order valence-corrected chi connectivity index (χ4v) is 3.17. The van der Waals surface area contributed by atoms with Crippen LogP contribution in [0.15, 0.2) is 58.8 Å². The third-order valence-electron chi connectivity index (χ3n) is 4.42. The van der Waals surface area contributed by atoms with Crippen LogP contribution >= 0.6 is 15.9 Å². The fraction of sp³-hybridized carbons (Fsp3) is 0.478. The Morgan fingerprint density at radius 1 is 0.741 bits per heavy atom. The van der Waals surface area contributed by atoms with Gasteiger partial charge in [0.1, 0.15) is 5.75 Å². The second-order valence-corrected chi connectivity index (χ2v) is 7.56. The lowest BCUT2D eigenvalue weighted by Crippen LogP contribution is -1.96. The van der Waals surface area contributed by atoms with Gasteiger partial charge in [-0.25, -0.2) is 0 Å². The van der Waals surface area contributed by atoms with Crippen LogP contribution in [0.1, 0.15) is 57.4 Å². The number of alkyl halides is 1. The Hall–Kier alpha value is -1.68. The van der Waals surface area contributed by atoms with Gasteiger partial charge in [-0.1, -0.05) is 60.7 Å². The highest BCUT2D eigenvalue weighted by Crippen LogP contribution is 2.22. The van der Waals surface area contributed by atoms with Gasteiger partial charge >= 0.3 is 0 Å². The Kier molecular flexibility index (Phi) is 10.8. The minimum Gasteiger partial charge on any atom is -0.494 e. The molecule has 0 unspecified atom stereocenters. The topological polar surface area (TPSA) is 34.0 Å². The molecule has 0 spiro atoms. The number of ether oxygens (including phenoxy) is 1. The average molecular weight is 431 g/mol. The number of nitrogens with zero attached hydrogens (tertiary/aromatic N) is 2. The molecule has 0 aromatic heterocycles. The number of rotatable bonds is 13. The second kappa shape index (κ2) is 13.5. The molecule has 0 aliphatic heterocycles. The Bertz CT molecular complexity index is 653. The highest BCUT2D eigenvalue weighted by Gasteiger charge is 1.97. The summed E-state index contributed by atoms with van der Waals surface area (Å²) in [6, 6.07) is 16.2. The van der Waals surface area contributed by atoms with E-state index in [2.05, 4.69) is 45.2 Å². The lowest BCUT2D eigenvalue weighted by Gasteiger charge is -2.05. The molecule has 0 bridgehead atoms. The van der Waals surface area contributed by atoms with Crippen LogP contribution in [0.25, 0.3) is 0 Å². The van der Waals surface area contributed by atoms with Gasteiger partial charge in [0.2, 0.25) is 0 Å². The highest BCUT2D eigenvalue weighted by molar-refractivity contribution is 9.09. The molecule has 0 fully saturated rings. The smallest absolute Gasteiger partial charge is 0.119 e. The van der Waals surface area contributed by atoms with Crippen LogP contribution in [0, 0.1) is 0 Å². The van der Waals surface area contributed by atoms with E-state index < -0.39 is 0 Å². The minimum absolute atomic E-state index is 0.772. The molecule has 4 heteroatoms. The number of hydrogen-bond donors (Lipinski definition) is 0. The number of aryl methyl sites for hydroxylation is 1. The van der Waals surface area contributed by atoms with Crippen LogP contribution in [0.3, 0.4) is 0 Å². The van der Waals surface area contributed by atoms with Crippen molar-refractivity contribution in [3.8, 4) is 5.75 Å². The van der Waals surface area contributed by atoms with Crippen LogP contribution in [-0.4, -0.2) is 11.9 Å². The molecule has 0 atom stereocenters. The van der Waals surface area contributed by atoms with Gasteiger partial charge in [-0.15, -0.1) is 0 Å². The number of hydrogen-bond acceptors (Lipinski definition) is 3. The maximum atomic E-state index is 5.77. The van der Waals surface area contributed by atoms with Crippen molar-refractivity contribution in [2.75, 3.05) is 11.9 Å². The molecule has 0 radical (unpaired) electrons. The van der Waals surface area contributed by atoms with Gasteiger partial charge in [0.25, 0.3) is 0 Å². The molecule has 2 aromatic carbocycles. The predicted octanol–water partition coefficient (Wildman–Crippen LogP) is 8.17. The first-order valence-corrected chi connectivity index (χ1v) is 11.2. The van der Waals surface area contributed by atoms with Gasteiger partial charge in [0.15, 0.2) is 0 Å². The summed E-state index contributed by atoms with van der Waals surface area (Å²) < 4.78 is 5.77. The lowest BCUT2D eigenvalue weighted by atomic mass is 10.1. The zero-order valence-electron chi connectivity index (χ0n) is 16.4. The van der Waals surface area contributed by atoms with Gasteiger partial charge in [0.05, 0.1) is 18.0 Å². The van der Waals surface area contributed by atoms with E-state index in [0.29, 0.717) is 0 Å². The molecule has 2 aromatic rings. The van der Waals surface area contributed by atoms with E-state index in [1.807, 2.05) is 36.4 Å². The molecule has 3 nitrogen and oxygen atoms in total. The van der Waals surface area contributed by atoms with Gasteiger partial charge in [0, 0.05) is 5.33 Å². The van der Waals surface area contributed by atoms with E-state index in [-0.39, 0.29) is 0 Å². The van der Waals surface area contributed by atoms with E-state index >= 15 is 0 Å². The third kappa shape index (κ3) is 9.18. The maximum Gasteiger partial charge on any atom is 0.119 e. The van der Waals surface area contributed by atoms with Crippen molar-refractivity contribution in [2.45, 2.75) is 58.3 Å². The van der Waals surface area contributed by atoms with Crippen LogP contribution in [0.5, 0.6) is 5.75 Å². The summed E-state index contributed by atoms with van der Waals surface area (Å²) in [5.41, 5.74) is 3.10. The molecule has 0 saturated carbocycles. The Morgan fingerprint density at radius 3 is 2.00 bits per heavy atom. The number of unbranched alkanes of at least 4 members (excludes halogenated alkanes) is 5. The first-order chi connectivity index (χ1) is 13.3. The van der Waals surface area contributed by atoms with Crippen molar-refractivity contribution in [1.29, 1.82) is 0 Å². The second-order valence-electron chi connectivity index (χ2n) is 6.77. The van der Waals surface area contributed by atoms with Crippen molar-refractivity contribution >= 4 is 27.3 Å².